The zero-order valence-electron chi connectivity index (χ0n) is 15.9. The number of aryl methyl sites for hydroxylation is 2. The maximum Gasteiger partial charge on any atom is 0.242 e. The van der Waals surface area contributed by atoms with Crippen molar-refractivity contribution in [3.05, 3.63) is 71.3 Å². The highest BCUT2D eigenvalue weighted by Crippen LogP contribution is 2.17. The van der Waals surface area contributed by atoms with E-state index >= 15 is 0 Å². The molecule has 4 heteroatoms. The zero-order chi connectivity index (χ0) is 18.9. The summed E-state index contributed by atoms with van der Waals surface area (Å²) in [4.78, 5) is 27.1. The fourth-order valence-corrected chi connectivity index (χ4v) is 3.10. The van der Waals surface area contributed by atoms with Crippen LogP contribution in [0.15, 0.2) is 54.6 Å². The Morgan fingerprint density at radius 3 is 2.31 bits per heavy atom. The maximum absolute atomic E-state index is 13.0. The van der Waals surface area contributed by atoms with E-state index in [0.29, 0.717) is 25.8 Å². The summed E-state index contributed by atoms with van der Waals surface area (Å²) in [7, 11) is 1.62. The van der Waals surface area contributed by atoms with Gasteiger partial charge in [0.25, 0.3) is 0 Å². The predicted molar refractivity (Wildman–Crippen MR) is 105 cm³/mol. The van der Waals surface area contributed by atoms with E-state index in [4.69, 9.17) is 0 Å². The average molecular weight is 352 g/mol. The van der Waals surface area contributed by atoms with Gasteiger partial charge in [-0.3, -0.25) is 9.59 Å². The first-order valence-electron chi connectivity index (χ1n) is 9.16. The molecule has 1 unspecified atom stereocenters. The molecule has 0 bridgehead atoms. The molecule has 2 aromatic carbocycles. The van der Waals surface area contributed by atoms with Crippen molar-refractivity contribution in [3.63, 3.8) is 0 Å². The van der Waals surface area contributed by atoms with Gasteiger partial charge >= 0.3 is 0 Å². The smallest absolute Gasteiger partial charge is 0.242 e. The summed E-state index contributed by atoms with van der Waals surface area (Å²) in [5.74, 6) is -0.110. The standard InChI is InChI=1S/C22H28N2O2/c1-4-20(22(26)23-3)24(16-19-13-9-8-10-17(19)2)21(25)15-14-18-11-6-5-7-12-18/h5-13,20H,4,14-16H2,1-3H3,(H,23,26). The van der Waals surface area contributed by atoms with Crippen LogP contribution < -0.4 is 5.32 Å². The molecule has 0 aromatic heterocycles. The second-order valence-electron chi connectivity index (χ2n) is 6.47. The first kappa shape index (κ1) is 19.7. The van der Waals surface area contributed by atoms with Gasteiger partial charge < -0.3 is 10.2 Å². The lowest BCUT2D eigenvalue weighted by Crippen LogP contribution is -2.48. The minimum atomic E-state index is -0.456. The number of benzene rings is 2. The molecule has 0 saturated heterocycles. The van der Waals surface area contributed by atoms with Crippen LogP contribution in [0.4, 0.5) is 0 Å². The molecule has 2 rings (SSSR count). The largest absolute Gasteiger partial charge is 0.357 e. The van der Waals surface area contributed by atoms with Crippen molar-refractivity contribution >= 4 is 11.8 Å². The maximum atomic E-state index is 13.0. The molecule has 0 fully saturated rings. The van der Waals surface area contributed by atoms with Crippen LogP contribution >= 0.6 is 0 Å². The van der Waals surface area contributed by atoms with Crippen LogP contribution in [0.3, 0.4) is 0 Å². The van der Waals surface area contributed by atoms with E-state index in [1.165, 1.54) is 0 Å². The van der Waals surface area contributed by atoms with E-state index < -0.39 is 6.04 Å². The Morgan fingerprint density at radius 1 is 1.04 bits per heavy atom. The third-order valence-electron chi connectivity index (χ3n) is 4.70. The minimum Gasteiger partial charge on any atom is -0.357 e. The number of carbonyl (C=O) groups excluding carboxylic acids is 2. The van der Waals surface area contributed by atoms with Crippen LogP contribution in [0.1, 0.15) is 36.5 Å². The van der Waals surface area contributed by atoms with Crippen LogP contribution in [0.5, 0.6) is 0 Å². The van der Waals surface area contributed by atoms with Crippen molar-refractivity contribution < 1.29 is 9.59 Å². The van der Waals surface area contributed by atoms with E-state index in [1.807, 2.05) is 68.4 Å². The van der Waals surface area contributed by atoms with Gasteiger partial charge in [-0.2, -0.15) is 0 Å². The van der Waals surface area contributed by atoms with Crippen molar-refractivity contribution in [1.29, 1.82) is 0 Å². The van der Waals surface area contributed by atoms with Gasteiger partial charge in [-0.05, 0) is 36.5 Å². The first-order chi connectivity index (χ1) is 12.6. The summed E-state index contributed by atoms with van der Waals surface area (Å²) in [5, 5.41) is 2.69. The monoisotopic (exact) mass is 352 g/mol. The molecule has 26 heavy (non-hydrogen) atoms. The molecule has 0 spiro atoms. The van der Waals surface area contributed by atoms with Gasteiger partial charge in [0.05, 0.1) is 0 Å². The molecule has 0 saturated carbocycles. The third-order valence-corrected chi connectivity index (χ3v) is 4.70. The van der Waals surface area contributed by atoms with Crippen LogP contribution in [-0.2, 0) is 22.6 Å². The Morgan fingerprint density at radius 2 is 1.69 bits per heavy atom. The number of nitrogens with one attached hydrogen (secondary N) is 1. The lowest BCUT2D eigenvalue weighted by atomic mass is 10.0. The van der Waals surface area contributed by atoms with E-state index in [2.05, 4.69) is 5.32 Å². The first-order valence-corrected chi connectivity index (χ1v) is 9.16. The molecule has 4 nitrogen and oxygen atoms in total. The highest BCUT2D eigenvalue weighted by molar-refractivity contribution is 5.87. The Balaban J connectivity index is 2.19. The van der Waals surface area contributed by atoms with Crippen molar-refractivity contribution in [3.8, 4) is 0 Å². The zero-order valence-corrected chi connectivity index (χ0v) is 15.9. The van der Waals surface area contributed by atoms with Gasteiger partial charge in [0.15, 0.2) is 0 Å². The molecular formula is C22H28N2O2. The highest BCUT2D eigenvalue weighted by Gasteiger charge is 2.27. The molecule has 1 atom stereocenters. The summed E-state index contributed by atoms with van der Waals surface area (Å²) < 4.78 is 0. The van der Waals surface area contributed by atoms with Gasteiger partial charge in [-0.1, -0.05) is 61.5 Å². The average Bonchev–Trinajstić information content (AvgIpc) is 2.67. The number of likely N-dealkylation sites (N-methyl/N-ethyl adjacent to an activating group) is 1. The van der Waals surface area contributed by atoms with Gasteiger partial charge in [0.2, 0.25) is 11.8 Å². The SMILES string of the molecule is CCC(C(=O)NC)N(Cc1ccccc1C)C(=O)CCc1ccccc1. The van der Waals surface area contributed by atoms with Crippen molar-refractivity contribution in [1.82, 2.24) is 10.2 Å². The second-order valence-corrected chi connectivity index (χ2v) is 6.47. The number of amides is 2. The van der Waals surface area contributed by atoms with Crippen LogP contribution in [0.25, 0.3) is 0 Å². The van der Waals surface area contributed by atoms with E-state index in [0.717, 1.165) is 16.7 Å². The number of hydrogen-bond acceptors (Lipinski definition) is 2. The van der Waals surface area contributed by atoms with Crippen LogP contribution in [-0.4, -0.2) is 29.8 Å². The van der Waals surface area contributed by atoms with Gasteiger partial charge in [-0.15, -0.1) is 0 Å². The molecule has 1 N–H and O–H groups in total. The fraction of sp³-hybridized carbons (Fsp3) is 0.364. The molecule has 2 aromatic rings. The normalized spacial score (nSPS) is 11.7. The second kappa shape index (κ2) is 9.76. The topological polar surface area (TPSA) is 49.4 Å². The molecule has 0 heterocycles. The number of carbonyl (C=O) groups is 2. The van der Waals surface area contributed by atoms with Gasteiger partial charge in [0, 0.05) is 20.0 Å². The third kappa shape index (κ3) is 5.19. The van der Waals surface area contributed by atoms with E-state index in [9.17, 15) is 9.59 Å². The van der Waals surface area contributed by atoms with Crippen LogP contribution in [0, 0.1) is 6.92 Å². The quantitative estimate of drug-likeness (QED) is 0.791. The molecule has 0 aliphatic heterocycles. The van der Waals surface area contributed by atoms with Gasteiger partial charge in [-0.25, -0.2) is 0 Å². The van der Waals surface area contributed by atoms with Gasteiger partial charge in [0.1, 0.15) is 6.04 Å². The minimum absolute atomic E-state index is 0.00700. The van der Waals surface area contributed by atoms with Crippen molar-refractivity contribution in [2.75, 3.05) is 7.05 Å². The summed E-state index contributed by atoms with van der Waals surface area (Å²) >= 11 is 0. The Bertz CT molecular complexity index is 728. The lowest BCUT2D eigenvalue weighted by Gasteiger charge is -2.30. The summed E-state index contributed by atoms with van der Waals surface area (Å²) in [5.41, 5.74) is 3.33. The number of rotatable bonds is 8. The Labute approximate surface area is 156 Å². The van der Waals surface area contributed by atoms with Crippen molar-refractivity contribution in [2.24, 2.45) is 0 Å². The summed E-state index contributed by atoms with van der Waals surface area (Å²) in [6, 6.07) is 17.5. The Hall–Kier alpha value is -2.62. The fourth-order valence-electron chi connectivity index (χ4n) is 3.10. The summed E-state index contributed by atoms with van der Waals surface area (Å²) in [6.45, 7) is 4.42. The molecule has 138 valence electrons. The molecular weight excluding hydrogens is 324 g/mol. The van der Waals surface area contributed by atoms with Crippen molar-refractivity contribution in [2.45, 2.75) is 45.7 Å². The number of nitrogens with zero attached hydrogens (tertiary/aromatic N) is 1. The lowest BCUT2D eigenvalue weighted by molar-refractivity contribution is -0.141. The molecule has 0 aliphatic rings. The van der Waals surface area contributed by atoms with Crippen LogP contribution in [0.2, 0.25) is 0 Å². The molecule has 2 amide bonds. The molecule has 0 radical (unpaired) electrons. The predicted octanol–water partition coefficient (Wildman–Crippen LogP) is 3.48. The van der Waals surface area contributed by atoms with E-state index in [1.54, 1.807) is 11.9 Å². The summed E-state index contributed by atoms with van der Waals surface area (Å²) in [6.07, 6.45) is 1.65. The highest BCUT2D eigenvalue weighted by atomic mass is 16.2. The van der Waals surface area contributed by atoms with E-state index in [-0.39, 0.29) is 11.8 Å². The Kier molecular flexibility index (Phi) is 7.39. The number of hydrogen-bond donors (Lipinski definition) is 1. The molecule has 0 aliphatic carbocycles.